The quantitative estimate of drug-likeness (QED) is 0.660. The Kier molecular flexibility index (Phi) is 2.69. The Hall–Kier alpha value is -2.35. The van der Waals surface area contributed by atoms with Crippen molar-refractivity contribution < 1.29 is 0 Å². The van der Waals surface area contributed by atoms with Gasteiger partial charge in [-0.15, -0.1) is 0 Å². The van der Waals surface area contributed by atoms with Crippen LogP contribution < -0.4 is 0 Å². The van der Waals surface area contributed by atoms with Crippen molar-refractivity contribution in [3.8, 4) is 22.4 Å². The summed E-state index contributed by atoms with van der Waals surface area (Å²) in [5.74, 6) is 0. The number of aromatic nitrogens is 2. The number of benzene rings is 2. The smallest absolute Gasteiger partial charge is 0.0678 e. The zero-order valence-electron chi connectivity index (χ0n) is 10.2. The third kappa shape index (κ3) is 1.93. The van der Waals surface area contributed by atoms with Crippen LogP contribution in [0.15, 0.2) is 66.9 Å². The Morgan fingerprint density at radius 1 is 0.722 bits per heavy atom. The fraction of sp³-hybridized carbons (Fsp3) is 0.0625. The van der Waals surface area contributed by atoms with Crippen LogP contribution in [0.5, 0.6) is 0 Å². The maximum Gasteiger partial charge on any atom is 0.0678 e. The molecule has 0 saturated heterocycles. The lowest BCUT2D eigenvalue weighted by Gasteiger charge is -2.05. The van der Waals surface area contributed by atoms with E-state index < -0.39 is 0 Å². The van der Waals surface area contributed by atoms with Gasteiger partial charge in [-0.25, -0.2) is 0 Å². The van der Waals surface area contributed by atoms with Crippen LogP contribution >= 0.6 is 0 Å². The number of rotatable bonds is 2. The molecule has 0 N–H and O–H groups in total. The Labute approximate surface area is 107 Å². The van der Waals surface area contributed by atoms with Crippen LogP contribution in [0.3, 0.4) is 0 Å². The zero-order chi connectivity index (χ0) is 12.4. The van der Waals surface area contributed by atoms with E-state index in [2.05, 4.69) is 53.6 Å². The van der Waals surface area contributed by atoms with Crippen molar-refractivity contribution >= 4 is 0 Å². The Balaban J connectivity index is 1.97. The zero-order valence-corrected chi connectivity index (χ0v) is 10.2. The predicted molar refractivity (Wildman–Crippen MR) is 74.1 cm³/mol. The lowest BCUT2D eigenvalue weighted by molar-refractivity contribution is 0.776. The van der Waals surface area contributed by atoms with E-state index in [-0.39, 0.29) is 0 Å². The first-order chi connectivity index (χ1) is 8.84. The Morgan fingerprint density at radius 2 is 1.33 bits per heavy atom. The first-order valence-corrected chi connectivity index (χ1v) is 5.98. The van der Waals surface area contributed by atoms with Gasteiger partial charge in [-0.3, -0.25) is 4.68 Å². The van der Waals surface area contributed by atoms with Gasteiger partial charge in [-0.1, -0.05) is 54.6 Å². The highest BCUT2D eigenvalue weighted by atomic mass is 15.2. The molecule has 3 rings (SSSR count). The first kappa shape index (κ1) is 10.8. The summed E-state index contributed by atoms with van der Waals surface area (Å²) in [4.78, 5) is 0. The van der Waals surface area contributed by atoms with E-state index in [0.29, 0.717) is 0 Å². The van der Waals surface area contributed by atoms with E-state index in [1.807, 2.05) is 30.1 Å². The van der Waals surface area contributed by atoms with Crippen LogP contribution in [0.25, 0.3) is 22.4 Å². The van der Waals surface area contributed by atoms with Crippen LogP contribution in [-0.2, 0) is 7.05 Å². The molecular weight excluding hydrogens is 220 g/mol. The standard InChI is InChI=1S/C16H14N2/c1-18-16(11-12-17-18)15-9-7-14(8-10-15)13-5-3-2-4-6-13/h2-12H,1H3. The molecule has 0 atom stereocenters. The molecule has 0 fully saturated rings. The fourth-order valence-corrected chi connectivity index (χ4v) is 2.12. The summed E-state index contributed by atoms with van der Waals surface area (Å²) in [6.07, 6.45) is 1.82. The van der Waals surface area contributed by atoms with Gasteiger partial charge < -0.3 is 0 Å². The summed E-state index contributed by atoms with van der Waals surface area (Å²) in [6, 6.07) is 21.0. The largest absolute Gasteiger partial charge is 0.268 e. The van der Waals surface area contributed by atoms with Gasteiger partial charge in [0.15, 0.2) is 0 Å². The molecule has 0 radical (unpaired) electrons. The van der Waals surface area contributed by atoms with Gasteiger partial charge >= 0.3 is 0 Å². The molecule has 0 amide bonds. The summed E-state index contributed by atoms with van der Waals surface area (Å²) in [5.41, 5.74) is 4.81. The van der Waals surface area contributed by atoms with Gasteiger partial charge in [0.05, 0.1) is 5.69 Å². The number of hydrogen-bond acceptors (Lipinski definition) is 1. The van der Waals surface area contributed by atoms with Gasteiger partial charge in [0.25, 0.3) is 0 Å². The molecule has 3 aromatic rings. The molecule has 2 aromatic carbocycles. The molecule has 88 valence electrons. The summed E-state index contributed by atoms with van der Waals surface area (Å²) in [5, 5.41) is 4.19. The molecule has 2 nitrogen and oxygen atoms in total. The molecule has 18 heavy (non-hydrogen) atoms. The monoisotopic (exact) mass is 234 g/mol. The van der Waals surface area contributed by atoms with Gasteiger partial charge in [0.1, 0.15) is 0 Å². The lowest BCUT2D eigenvalue weighted by atomic mass is 10.0. The molecule has 0 unspecified atom stereocenters. The predicted octanol–water partition coefficient (Wildman–Crippen LogP) is 3.75. The average Bonchev–Trinajstić information content (AvgIpc) is 2.86. The lowest BCUT2D eigenvalue weighted by Crippen LogP contribution is -1.92. The van der Waals surface area contributed by atoms with E-state index in [1.54, 1.807) is 0 Å². The third-order valence-corrected chi connectivity index (χ3v) is 3.11. The maximum atomic E-state index is 4.19. The van der Waals surface area contributed by atoms with Crippen LogP contribution in [0.2, 0.25) is 0 Å². The van der Waals surface area contributed by atoms with Crippen molar-refractivity contribution in [3.05, 3.63) is 66.9 Å². The number of aryl methyl sites for hydroxylation is 1. The van der Waals surface area contributed by atoms with Gasteiger partial charge in [-0.05, 0) is 22.8 Å². The average molecular weight is 234 g/mol. The molecular formula is C16H14N2. The molecule has 0 saturated carbocycles. The first-order valence-electron chi connectivity index (χ1n) is 5.98. The molecule has 0 bridgehead atoms. The van der Waals surface area contributed by atoms with Crippen molar-refractivity contribution in [2.75, 3.05) is 0 Å². The second-order valence-electron chi connectivity index (χ2n) is 4.28. The summed E-state index contributed by atoms with van der Waals surface area (Å²) in [6.45, 7) is 0. The second-order valence-corrected chi connectivity index (χ2v) is 4.28. The molecule has 0 spiro atoms. The van der Waals surface area contributed by atoms with E-state index in [9.17, 15) is 0 Å². The van der Waals surface area contributed by atoms with Crippen LogP contribution in [0.4, 0.5) is 0 Å². The maximum absolute atomic E-state index is 4.19. The molecule has 2 heteroatoms. The SMILES string of the molecule is Cn1nccc1-c1ccc(-c2ccccc2)cc1. The van der Waals surface area contributed by atoms with Crippen LogP contribution in [0.1, 0.15) is 0 Å². The molecule has 0 aliphatic rings. The minimum absolute atomic E-state index is 1.13. The van der Waals surface area contributed by atoms with Crippen molar-refractivity contribution in [2.24, 2.45) is 7.05 Å². The van der Waals surface area contributed by atoms with Gasteiger partial charge in [0.2, 0.25) is 0 Å². The van der Waals surface area contributed by atoms with Gasteiger partial charge in [0, 0.05) is 13.2 Å². The van der Waals surface area contributed by atoms with Crippen LogP contribution in [-0.4, -0.2) is 9.78 Å². The normalized spacial score (nSPS) is 10.5. The molecule has 1 aromatic heterocycles. The number of nitrogens with zero attached hydrogens (tertiary/aromatic N) is 2. The summed E-state index contributed by atoms with van der Waals surface area (Å²) >= 11 is 0. The fourth-order valence-electron chi connectivity index (χ4n) is 2.12. The molecule has 0 aliphatic heterocycles. The van der Waals surface area contributed by atoms with Crippen LogP contribution in [0, 0.1) is 0 Å². The van der Waals surface area contributed by atoms with Crippen molar-refractivity contribution in [3.63, 3.8) is 0 Å². The van der Waals surface area contributed by atoms with Crippen molar-refractivity contribution in [2.45, 2.75) is 0 Å². The minimum Gasteiger partial charge on any atom is -0.268 e. The van der Waals surface area contributed by atoms with Gasteiger partial charge in [-0.2, -0.15) is 5.10 Å². The molecule has 1 heterocycles. The van der Waals surface area contributed by atoms with Crippen molar-refractivity contribution in [1.29, 1.82) is 0 Å². The highest BCUT2D eigenvalue weighted by molar-refractivity contribution is 5.68. The van der Waals surface area contributed by atoms with E-state index >= 15 is 0 Å². The Morgan fingerprint density at radius 3 is 1.94 bits per heavy atom. The topological polar surface area (TPSA) is 17.8 Å². The third-order valence-electron chi connectivity index (χ3n) is 3.11. The van der Waals surface area contributed by atoms with E-state index in [4.69, 9.17) is 0 Å². The highest BCUT2D eigenvalue weighted by Gasteiger charge is 2.02. The van der Waals surface area contributed by atoms with Crippen molar-refractivity contribution in [1.82, 2.24) is 9.78 Å². The number of hydrogen-bond donors (Lipinski definition) is 0. The van der Waals surface area contributed by atoms with E-state index in [1.165, 1.54) is 16.7 Å². The summed E-state index contributed by atoms with van der Waals surface area (Å²) in [7, 11) is 1.96. The highest BCUT2D eigenvalue weighted by Crippen LogP contribution is 2.24. The second kappa shape index (κ2) is 4.49. The molecule has 0 aliphatic carbocycles. The minimum atomic E-state index is 1.13. The Bertz CT molecular complexity index is 636. The summed E-state index contributed by atoms with van der Waals surface area (Å²) < 4.78 is 1.89. The van der Waals surface area contributed by atoms with E-state index in [0.717, 1.165) is 5.69 Å².